The summed E-state index contributed by atoms with van der Waals surface area (Å²) in [5, 5.41) is 20.4. The molecule has 0 aliphatic carbocycles. The molecular weight excluding hydrogens is 232 g/mol. The van der Waals surface area contributed by atoms with Gasteiger partial charge in [0.1, 0.15) is 0 Å². The Morgan fingerprint density at radius 2 is 2.33 bits per heavy atom. The van der Waals surface area contributed by atoms with Crippen LogP contribution in [0.15, 0.2) is 24.3 Å². The summed E-state index contributed by atoms with van der Waals surface area (Å²) in [6, 6.07) is 6.75. The zero-order valence-corrected chi connectivity index (χ0v) is 10.5. The molecule has 1 aromatic carbocycles. The second-order valence-electron chi connectivity index (χ2n) is 5.00. The molecule has 0 radical (unpaired) electrons. The molecule has 2 unspecified atom stereocenters. The van der Waals surface area contributed by atoms with Gasteiger partial charge in [-0.25, -0.2) is 0 Å². The van der Waals surface area contributed by atoms with E-state index in [0.717, 1.165) is 25.1 Å². The molecular formula is C13H18N2O3. The summed E-state index contributed by atoms with van der Waals surface area (Å²) >= 11 is 0. The minimum atomic E-state index is -0.369. The number of benzene rings is 1. The van der Waals surface area contributed by atoms with Crippen LogP contribution < -0.4 is 0 Å². The van der Waals surface area contributed by atoms with Crippen LogP contribution in [-0.2, 0) is 6.54 Å². The van der Waals surface area contributed by atoms with E-state index in [1.165, 1.54) is 6.07 Å². The lowest BCUT2D eigenvalue weighted by Crippen LogP contribution is -2.41. The minimum absolute atomic E-state index is 0.137. The number of piperidine rings is 1. The van der Waals surface area contributed by atoms with Crippen LogP contribution in [0.3, 0.4) is 0 Å². The van der Waals surface area contributed by atoms with Gasteiger partial charge in [0, 0.05) is 31.8 Å². The standard InChI is InChI=1S/C13H18N2O3/c1-10-8-14(6-5-13(10)16)9-11-3-2-4-12(7-11)15(17)18/h2-4,7,10,13,16H,5-6,8-9H2,1H3. The van der Waals surface area contributed by atoms with Gasteiger partial charge in [0.05, 0.1) is 11.0 Å². The van der Waals surface area contributed by atoms with Crippen molar-refractivity contribution in [2.75, 3.05) is 13.1 Å². The van der Waals surface area contributed by atoms with Crippen LogP contribution in [0.5, 0.6) is 0 Å². The highest BCUT2D eigenvalue weighted by atomic mass is 16.6. The van der Waals surface area contributed by atoms with Gasteiger partial charge >= 0.3 is 0 Å². The van der Waals surface area contributed by atoms with E-state index in [-0.39, 0.29) is 22.6 Å². The second kappa shape index (κ2) is 5.46. The quantitative estimate of drug-likeness (QED) is 0.656. The Morgan fingerprint density at radius 3 is 3.00 bits per heavy atom. The average molecular weight is 250 g/mol. The summed E-state index contributed by atoms with van der Waals surface area (Å²) in [5.74, 6) is 0.262. The molecule has 1 fully saturated rings. The van der Waals surface area contributed by atoms with Crippen molar-refractivity contribution in [3.05, 3.63) is 39.9 Å². The molecule has 1 aromatic rings. The summed E-state index contributed by atoms with van der Waals surface area (Å²) in [6.07, 6.45) is 0.558. The molecule has 98 valence electrons. The number of nitro groups is 1. The van der Waals surface area contributed by atoms with E-state index in [0.29, 0.717) is 6.54 Å². The smallest absolute Gasteiger partial charge is 0.269 e. The topological polar surface area (TPSA) is 66.6 Å². The highest BCUT2D eigenvalue weighted by Crippen LogP contribution is 2.20. The first-order valence-electron chi connectivity index (χ1n) is 6.20. The zero-order valence-electron chi connectivity index (χ0n) is 10.5. The SMILES string of the molecule is CC1CN(Cc2cccc([N+](=O)[O-])c2)CCC1O. The third kappa shape index (κ3) is 3.05. The third-order valence-corrected chi connectivity index (χ3v) is 3.47. The highest BCUT2D eigenvalue weighted by Gasteiger charge is 2.24. The van der Waals surface area contributed by atoms with Gasteiger partial charge in [-0.1, -0.05) is 19.1 Å². The van der Waals surface area contributed by atoms with Crippen molar-refractivity contribution < 1.29 is 10.0 Å². The molecule has 0 amide bonds. The van der Waals surface area contributed by atoms with E-state index in [1.54, 1.807) is 12.1 Å². The van der Waals surface area contributed by atoms with Gasteiger partial charge in [0.25, 0.3) is 5.69 Å². The van der Waals surface area contributed by atoms with E-state index in [2.05, 4.69) is 4.90 Å². The van der Waals surface area contributed by atoms with Gasteiger partial charge < -0.3 is 5.11 Å². The largest absolute Gasteiger partial charge is 0.393 e. The van der Waals surface area contributed by atoms with Crippen LogP contribution in [-0.4, -0.2) is 34.1 Å². The minimum Gasteiger partial charge on any atom is -0.393 e. The molecule has 18 heavy (non-hydrogen) atoms. The van der Waals surface area contributed by atoms with E-state index in [9.17, 15) is 15.2 Å². The summed E-state index contributed by atoms with van der Waals surface area (Å²) in [5.41, 5.74) is 1.09. The third-order valence-electron chi connectivity index (χ3n) is 3.47. The Kier molecular flexibility index (Phi) is 3.93. The fourth-order valence-corrected chi connectivity index (χ4v) is 2.39. The number of likely N-dealkylation sites (tertiary alicyclic amines) is 1. The molecule has 5 nitrogen and oxygen atoms in total. The lowest BCUT2D eigenvalue weighted by molar-refractivity contribution is -0.384. The Morgan fingerprint density at radius 1 is 1.56 bits per heavy atom. The molecule has 1 aliphatic rings. The van der Waals surface area contributed by atoms with Gasteiger partial charge in [0.15, 0.2) is 0 Å². The molecule has 5 heteroatoms. The lowest BCUT2D eigenvalue weighted by atomic mass is 9.96. The Hall–Kier alpha value is -1.46. The molecule has 1 aliphatic heterocycles. The van der Waals surface area contributed by atoms with Gasteiger partial charge in [-0.3, -0.25) is 15.0 Å². The number of aliphatic hydroxyl groups excluding tert-OH is 1. The molecule has 1 saturated heterocycles. The molecule has 2 rings (SSSR count). The number of nitro benzene ring substituents is 1. The van der Waals surface area contributed by atoms with E-state index in [1.807, 2.05) is 13.0 Å². The maximum atomic E-state index is 10.7. The number of non-ortho nitro benzene ring substituents is 1. The predicted octanol–water partition coefficient (Wildman–Crippen LogP) is 1.80. The molecule has 0 spiro atoms. The van der Waals surface area contributed by atoms with E-state index < -0.39 is 0 Å². The van der Waals surface area contributed by atoms with Gasteiger partial charge in [-0.15, -0.1) is 0 Å². The molecule has 1 heterocycles. The Bertz CT molecular complexity index is 436. The fraction of sp³-hybridized carbons (Fsp3) is 0.538. The predicted molar refractivity (Wildman–Crippen MR) is 68.2 cm³/mol. The number of aliphatic hydroxyl groups is 1. The second-order valence-corrected chi connectivity index (χ2v) is 5.00. The van der Waals surface area contributed by atoms with Crippen molar-refractivity contribution in [1.29, 1.82) is 0 Å². The van der Waals surface area contributed by atoms with E-state index in [4.69, 9.17) is 0 Å². The zero-order chi connectivity index (χ0) is 13.1. The van der Waals surface area contributed by atoms with Crippen molar-refractivity contribution in [2.45, 2.75) is 26.0 Å². The van der Waals surface area contributed by atoms with Crippen LogP contribution in [0.25, 0.3) is 0 Å². The maximum Gasteiger partial charge on any atom is 0.269 e. The van der Waals surface area contributed by atoms with Crippen LogP contribution in [0, 0.1) is 16.0 Å². The molecule has 1 N–H and O–H groups in total. The van der Waals surface area contributed by atoms with Gasteiger partial charge in [-0.2, -0.15) is 0 Å². The average Bonchev–Trinajstić information content (AvgIpc) is 2.34. The van der Waals surface area contributed by atoms with Crippen molar-refractivity contribution in [3.8, 4) is 0 Å². The fourth-order valence-electron chi connectivity index (χ4n) is 2.39. The lowest BCUT2D eigenvalue weighted by Gasteiger charge is -2.34. The molecule has 0 bridgehead atoms. The number of hydrogen-bond donors (Lipinski definition) is 1. The Labute approximate surface area is 106 Å². The molecule has 2 atom stereocenters. The highest BCUT2D eigenvalue weighted by molar-refractivity contribution is 5.34. The molecule has 0 saturated carbocycles. The normalized spacial score (nSPS) is 25.0. The number of nitrogens with zero attached hydrogens (tertiary/aromatic N) is 2. The van der Waals surface area contributed by atoms with Crippen molar-refractivity contribution in [2.24, 2.45) is 5.92 Å². The summed E-state index contributed by atoms with van der Waals surface area (Å²) in [4.78, 5) is 12.6. The van der Waals surface area contributed by atoms with Crippen LogP contribution in [0.2, 0.25) is 0 Å². The first-order chi connectivity index (χ1) is 8.56. The monoisotopic (exact) mass is 250 g/mol. The van der Waals surface area contributed by atoms with Crippen LogP contribution in [0.1, 0.15) is 18.9 Å². The van der Waals surface area contributed by atoms with Crippen molar-refractivity contribution in [1.82, 2.24) is 4.90 Å². The molecule has 0 aromatic heterocycles. The van der Waals surface area contributed by atoms with Gasteiger partial charge in [-0.05, 0) is 17.9 Å². The summed E-state index contributed by atoms with van der Waals surface area (Å²) < 4.78 is 0. The first kappa shape index (κ1) is 13.0. The number of hydrogen-bond acceptors (Lipinski definition) is 4. The first-order valence-corrected chi connectivity index (χ1v) is 6.20. The maximum absolute atomic E-state index is 10.7. The number of rotatable bonds is 3. The van der Waals surface area contributed by atoms with E-state index >= 15 is 0 Å². The van der Waals surface area contributed by atoms with Crippen LogP contribution >= 0.6 is 0 Å². The summed E-state index contributed by atoms with van der Waals surface area (Å²) in [7, 11) is 0. The van der Waals surface area contributed by atoms with Gasteiger partial charge in [0.2, 0.25) is 0 Å². The summed E-state index contributed by atoms with van der Waals surface area (Å²) in [6.45, 7) is 4.42. The van der Waals surface area contributed by atoms with Crippen LogP contribution in [0.4, 0.5) is 5.69 Å². The van der Waals surface area contributed by atoms with Crippen molar-refractivity contribution in [3.63, 3.8) is 0 Å². The van der Waals surface area contributed by atoms with Crippen molar-refractivity contribution >= 4 is 5.69 Å². The Balaban J connectivity index is 2.01.